The number of sulfonamides is 1. The molecule has 4 fully saturated rings. The van der Waals surface area contributed by atoms with Crippen molar-refractivity contribution in [3.05, 3.63) is 23.8 Å². The molecular weight excluding hydrogens is 428 g/mol. The Kier molecular flexibility index (Phi) is 6.24. The molecule has 0 radical (unpaired) electrons. The van der Waals surface area contributed by atoms with E-state index < -0.39 is 10.0 Å². The molecule has 0 heterocycles. The molecule has 4 bridgehead atoms. The molecule has 4 aliphatic carbocycles. The second kappa shape index (κ2) is 8.67. The average Bonchev–Trinajstić information content (AvgIpc) is 2.67. The highest BCUT2D eigenvalue weighted by Crippen LogP contribution is 2.55. The van der Waals surface area contributed by atoms with Gasteiger partial charge in [-0.05, 0) is 80.9 Å². The second-order valence-electron chi connectivity index (χ2n) is 10.1. The Morgan fingerprint density at radius 3 is 2.22 bits per heavy atom. The fourth-order valence-electron chi connectivity index (χ4n) is 6.21. The minimum absolute atomic E-state index is 0.0582. The molecule has 0 aromatic heterocycles. The average molecular weight is 463 g/mol. The summed E-state index contributed by atoms with van der Waals surface area (Å²) in [5.74, 6) is 1.98. The first-order valence-corrected chi connectivity index (χ1v) is 12.9. The smallest absolute Gasteiger partial charge is 0.315 e. The number of nitrogens with zero attached hydrogens (tertiary/aromatic N) is 1. The van der Waals surface area contributed by atoms with Crippen LogP contribution in [-0.4, -0.2) is 50.8 Å². The van der Waals surface area contributed by atoms with Gasteiger partial charge in [0.15, 0.2) is 0 Å². The molecule has 5 rings (SSSR count). The molecule has 4 aliphatic rings. The first kappa shape index (κ1) is 23.0. The molecule has 0 saturated heterocycles. The summed E-state index contributed by atoms with van der Waals surface area (Å²) < 4.78 is 26.1. The van der Waals surface area contributed by atoms with Gasteiger partial charge in [0.2, 0.25) is 15.9 Å². The van der Waals surface area contributed by atoms with Crippen molar-refractivity contribution < 1.29 is 18.0 Å². The lowest BCUT2D eigenvalue weighted by Gasteiger charge is -2.56. The van der Waals surface area contributed by atoms with Crippen LogP contribution in [0.15, 0.2) is 23.1 Å². The molecule has 1 aromatic rings. The van der Waals surface area contributed by atoms with E-state index in [9.17, 15) is 18.0 Å². The number of carbonyl (C=O) groups excluding carboxylic acids is 2. The zero-order valence-electron chi connectivity index (χ0n) is 19.1. The van der Waals surface area contributed by atoms with Crippen molar-refractivity contribution in [2.75, 3.05) is 26.0 Å². The van der Waals surface area contributed by atoms with E-state index in [0.717, 1.165) is 41.3 Å². The number of anilines is 1. The molecule has 3 N–H and O–H groups in total. The van der Waals surface area contributed by atoms with Crippen molar-refractivity contribution in [1.82, 2.24) is 14.9 Å². The number of urea groups is 1. The van der Waals surface area contributed by atoms with Crippen LogP contribution >= 0.6 is 0 Å². The van der Waals surface area contributed by atoms with Crippen molar-refractivity contribution in [2.24, 2.45) is 17.8 Å². The van der Waals surface area contributed by atoms with Gasteiger partial charge in [-0.1, -0.05) is 6.07 Å². The van der Waals surface area contributed by atoms with E-state index in [-0.39, 0.29) is 35.3 Å². The molecule has 32 heavy (non-hydrogen) atoms. The second-order valence-corrected chi connectivity index (χ2v) is 12.3. The first-order valence-electron chi connectivity index (χ1n) is 11.5. The summed E-state index contributed by atoms with van der Waals surface area (Å²) in [6, 6.07) is 4.61. The van der Waals surface area contributed by atoms with Crippen molar-refractivity contribution in [3.63, 3.8) is 0 Å². The third kappa shape index (κ3) is 4.78. The molecule has 3 amide bonds. The number of benzene rings is 1. The topological polar surface area (TPSA) is 108 Å². The fraction of sp³-hybridized carbons (Fsp3) is 0.652. The summed E-state index contributed by atoms with van der Waals surface area (Å²) in [6.45, 7) is 1.94. The minimum atomic E-state index is -3.60. The molecule has 0 spiro atoms. The fourth-order valence-corrected chi connectivity index (χ4v) is 7.36. The maximum absolute atomic E-state index is 12.5. The number of hydrogen-bond acceptors (Lipinski definition) is 4. The summed E-state index contributed by atoms with van der Waals surface area (Å²) in [7, 11) is -0.655. The number of nitrogens with one attached hydrogen (secondary N) is 3. The molecule has 8 nitrogen and oxygen atoms in total. The van der Waals surface area contributed by atoms with Gasteiger partial charge in [0.1, 0.15) is 0 Å². The van der Waals surface area contributed by atoms with Crippen LogP contribution in [0, 0.1) is 24.7 Å². The largest absolute Gasteiger partial charge is 0.338 e. The Balaban J connectivity index is 1.26. The first-order chi connectivity index (χ1) is 15.1. The predicted octanol–water partition coefficient (Wildman–Crippen LogP) is 2.84. The van der Waals surface area contributed by atoms with Gasteiger partial charge in [0, 0.05) is 38.3 Å². The summed E-state index contributed by atoms with van der Waals surface area (Å²) in [5.41, 5.74) is 0.968. The van der Waals surface area contributed by atoms with Gasteiger partial charge < -0.3 is 16.0 Å². The van der Waals surface area contributed by atoms with Crippen molar-refractivity contribution in [3.8, 4) is 0 Å². The Hall–Kier alpha value is -2.13. The Labute approximate surface area is 190 Å². The highest BCUT2D eigenvalue weighted by Gasteiger charge is 2.51. The van der Waals surface area contributed by atoms with Crippen molar-refractivity contribution >= 4 is 27.6 Å². The van der Waals surface area contributed by atoms with E-state index >= 15 is 0 Å². The molecule has 0 unspecified atom stereocenters. The van der Waals surface area contributed by atoms with E-state index in [1.165, 1.54) is 39.4 Å². The Morgan fingerprint density at radius 2 is 1.66 bits per heavy atom. The van der Waals surface area contributed by atoms with E-state index in [0.29, 0.717) is 11.3 Å². The van der Waals surface area contributed by atoms with Crippen LogP contribution in [0.4, 0.5) is 10.5 Å². The summed E-state index contributed by atoms with van der Waals surface area (Å²) in [5, 5.41) is 8.78. The van der Waals surface area contributed by atoms with E-state index in [4.69, 9.17) is 0 Å². The van der Waals surface area contributed by atoms with Crippen LogP contribution in [0.25, 0.3) is 0 Å². The number of rotatable bonds is 7. The normalized spacial score (nSPS) is 28.6. The molecule has 1 aromatic carbocycles. The molecule has 176 valence electrons. The quantitative estimate of drug-likeness (QED) is 0.579. The maximum Gasteiger partial charge on any atom is 0.315 e. The highest BCUT2D eigenvalue weighted by molar-refractivity contribution is 7.89. The van der Waals surface area contributed by atoms with Gasteiger partial charge in [-0.2, -0.15) is 0 Å². The lowest BCUT2D eigenvalue weighted by molar-refractivity contribution is -0.116. The van der Waals surface area contributed by atoms with Crippen LogP contribution in [0.2, 0.25) is 0 Å². The number of amides is 3. The zero-order valence-corrected chi connectivity index (χ0v) is 19.9. The van der Waals surface area contributed by atoms with Crippen molar-refractivity contribution in [2.45, 2.75) is 62.3 Å². The van der Waals surface area contributed by atoms with Gasteiger partial charge in [0.25, 0.3) is 0 Å². The maximum atomic E-state index is 12.5. The number of carbonyl (C=O) groups is 2. The van der Waals surface area contributed by atoms with Gasteiger partial charge >= 0.3 is 6.03 Å². The Bertz CT molecular complexity index is 970. The van der Waals surface area contributed by atoms with Gasteiger partial charge in [-0.25, -0.2) is 17.5 Å². The third-order valence-electron chi connectivity index (χ3n) is 7.29. The van der Waals surface area contributed by atoms with Crippen LogP contribution in [0.1, 0.15) is 50.5 Å². The van der Waals surface area contributed by atoms with Crippen LogP contribution in [-0.2, 0) is 14.8 Å². The third-order valence-corrected chi connectivity index (χ3v) is 9.24. The minimum Gasteiger partial charge on any atom is -0.338 e. The van der Waals surface area contributed by atoms with Crippen LogP contribution in [0.3, 0.4) is 0 Å². The summed E-state index contributed by atoms with van der Waals surface area (Å²) >= 11 is 0. The van der Waals surface area contributed by atoms with E-state index in [1.807, 2.05) is 0 Å². The summed E-state index contributed by atoms with van der Waals surface area (Å²) in [6.07, 6.45) is 7.31. The predicted molar refractivity (Wildman–Crippen MR) is 123 cm³/mol. The van der Waals surface area contributed by atoms with Gasteiger partial charge in [0.05, 0.1) is 4.90 Å². The molecule has 0 atom stereocenters. The van der Waals surface area contributed by atoms with Crippen molar-refractivity contribution in [1.29, 1.82) is 0 Å². The molecule has 0 aliphatic heterocycles. The lowest BCUT2D eigenvalue weighted by Crippen LogP contribution is -2.61. The number of hydrogen-bond donors (Lipinski definition) is 3. The highest BCUT2D eigenvalue weighted by atomic mass is 32.2. The van der Waals surface area contributed by atoms with E-state index in [2.05, 4.69) is 16.0 Å². The molecule has 4 saturated carbocycles. The standard InChI is InChI=1S/C23H34N4O4S/c1-15-4-5-19(11-20(15)32(30,31)27(2)3)25-21(28)6-7-24-22(29)26-23-12-16-8-17(13-23)10-18(9-16)14-23/h4-5,11,16-18H,6-10,12-14H2,1-3H3,(H,25,28)(H2,24,26,29). The van der Waals surface area contributed by atoms with Crippen LogP contribution < -0.4 is 16.0 Å². The van der Waals surface area contributed by atoms with Gasteiger partial charge in [-0.3, -0.25) is 4.79 Å². The number of aryl methyl sites for hydroxylation is 1. The monoisotopic (exact) mass is 462 g/mol. The zero-order chi connectivity index (χ0) is 23.1. The Morgan fingerprint density at radius 1 is 1.06 bits per heavy atom. The summed E-state index contributed by atoms with van der Waals surface area (Å²) in [4.78, 5) is 25.0. The van der Waals surface area contributed by atoms with Gasteiger partial charge in [-0.15, -0.1) is 0 Å². The van der Waals surface area contributed by atoms with E-state index in [1.54, 1.807) is 19.1 Å². The van der Waals surface area contributed by atoms with Crippen LogP contribution in [0.5, 0.6) is 0 Å². The molecule has 9 heteroatoms. The molecular formula is C23H34N4O4S. The lowest BCUT2D eigenvalue weighted by atomic mass is 9.53. The SMILES string of the molecule is Cc1ccc(NC(=O)CCNC(=O)NC23CC4CC(CC(C4)C2)C3)cc1S(=O)(=O)N(C)C.